The highest BCUT2D eigenvalue weighted by atomic mass is 35.5. The molecule has 4 aromatic rings. The highest BCUT2D eigenvalue weighted by Gasteiger charge is 2.27. The molecule has 28 heavy (non-hydrogen) atoms. The number of H-pyrrole nitrogens is 2. The van der Waals surface area contributed by atoms with Gasteiger partial charge in [0.25, 0.3) is 0 Å². The molecule has 0 aliphatic carbocycles. The van der Waals surface area contributed by atoms with Crippen molar-refractivity contribution in [3.05, 3.63) is 81.6 Å². The first-order chi connectivity index (χ1) is 13.7. The molecule has 0 fully saturated rings. The van der Waals surface area contributed by atoms with Crippen LogP contribution in [0.3, 0.4) is 0 Å². The zero-order chi connectivity index (χ0) is 19.1. The van der Waals surface area contributed by atoms with Crippen molar-refractivity contribution in [1.29, 1.82) is 0 Å². The molecular weight excluding hydrogens is 388 g/mol. The molecule has 2 aromatic carbocycles. The van der Waals surface area contributed by atoms with Crippen LogP contribution in [0.1, 0.15) is 23.6 Å². The van der Waals surface area contributed by atoms with Crippen molar-refractivity contribution in [2.75, 3.05) is 0 Å². The predicted octanol–water partition coefficient (Wildman–Crippen LogP) is 5.79. The number of benzene rings is 2. The molecule has 1 aliphatic rings. The third kappa shape index (κ3) is 3.01. The van der Waals surface area contributed by atoms with Crippen molar-refractivity contribution in [2.45, 2.75) is 25.8 Å². The standard InChI is InChI=1S/C22H19ClN4S/c23-16-10-8-15(9-11-16)21-18(13-19-24-22(28)26-25-19)27-12-4-7-17(27)20(21)14-5-2-1-3-6-14/h1-3,5-6,8-11H,4,7,12-13H2,(H2,24,25,26,28). The summed E-state index contributed by atoms with van der Waals surface area (Å²) in [7, 11) is 0. The second-order valence-corrected chi connectivity index (χ2v) is 7.89. The minimum atomic E-state index is 0.486. The fraction of sp³-hybridized carbons (Fsp3) is 0.182. The average molecular weight is 407 g/mol. The summed E-state index contributed by atoms with van der Waals surface area (Å²) >= 11 is 11.3. The van der Waals surface area contributed by atoms with Crippen LogP contribution in [0.2, 0.25) is 5.02 Å². The van der Waals surface area contributed by atoms with Crippen molar-refractivity contribution in [1.82, 2.24) is 19.7 Å². The van der Waals surface area contributed by atoms with Gasteiger partial charge in [0.05, 0.1) is 0 Å². The Morgan fingerprint density at radius 2 is 1.71 bits per heavy atom. The Labute approximate surface area is 173 Å². The lowest BCUT2D eigenvalue weighted by Crippen LogP contribution is -2.03. The quantitative estimate of drug-likeness (QED) is 0.421. The van der Waals surface area contributed by atoms with Crippen molar-refractivity contribution in [3.8, 4) is 22.3 Å². The summed E-state index contributed by atoms with van der Waals surface area (Å²) in [5, 5.41) is 6.77. The molecule has 1 aliphatic heterocycles. The molecule has 0 saturated heterocycles. The summed E-state index contributed by atoms with van der Waals surface area (Å²) in [6, 6.07) is 18.8. The van der Waals surface area contributed by atoms with Gasteiger partial charge in [-0.1, -0.05) is 54.1 Å². The second kappa shape index (κ2) is 7.08. The van der Waals surface area contributed by atoms with E-state index < -0.39 is 0 Å². The van der Waals surface area contributed by atoms with Gasteiger partial charge < -0.3 is 4.57 Å². The first-order valence-electron chi connectivity index (χ1n) is 9.40. The van der Waals surface area contributed by atoms with Crippen LogP contribution in [0.5, 0.6) is 0 Å². The molecule has 0 bridgehead atoms. The highest BCUT2D eigenvalue weighted by molar-refractivity contribution is 7.71. The van der Waals surface area contributed by atoms with E-state index in [1.165, 1.54) is 40.1 Å². The van der Waals surface area contributed by atoms with E-state index in [4.69, 9.17) is 23.8 Å². The summed E-state index contributed by atoms with van der Waals surface area (Å²) in [6.45, 7) is 1.03. The van der Waals surface area contributed by atoms with Crippen LogP contribution in [0, 0.1) is 4.77 Å². The zero-order valence-corrected chi connectivity index (χ0v) is 16.8. The third-order valence-electron chi connectivity index (χ3n) is 5.35. The molecule has 2 N–H and O–H groups in total. The summed E-state index contributed by atoms with van der Waals surface area (Å²) < 4.78 is 2.96. The fourth-order valence-corrected chi connectivity index (χ4v) is 4.52. The lowest BCUT2D eigenvalue weighted by molar-refractivity contribution is 0.711. The lowest BCUT2D eigenvalue weighted by atomic mass is 9.93. The van der Waals surface area contributed by atoms with Crippen LogP contribution >= 0.6 is 23.8 Å². The maximum atomic E-state index is 6.17. The molecule has 0 unspecified atom stereocenters. The van der Waals surface area contributed by atoms with Crippen molar-refractivity contribution < 1.29 is 0 Å². The largest absolute Gasteiger partial charge is 0.347 e. The number of aromatic amines is 2. The number of nitrogens with one attached hydrogen (secondary N) is 2. The molecule has 0 radical (unpaired) electrons. The van der Waals surface area contributed by atoms with Gasteiger partial charge in [0.15, 0.2) is 0 Å². The maximum absolute atomic E-state index is 6.17. The summed E-state index contributed by atoms with van der Waals surface area (Å²) in [5.74, 6) is 0.854. The van der Waals surface area contributed by atoms with Gasteiger partial charge in [0.1, 0.15) is 5.82 Å². The molecular formula is C22H19ClN4S. The second-order valence-electron chi connectivity index (χ2n) is 7.06. The number of hydrogen-bond acceptors (Lipinski definition) is 2. The van der Waals surface area contributed by atoms with E-state index in [1.807, 2.05) is 12.1 Å². The van der Waals surface area contributed by atoms with E-state index in [0.717, 1.165) is 23.8 Å². The van der Waals surface area contributed by atoms with Gasteiger partial charge in [-0.3, -0.25) is 10.2 Å². The Balaban J connectivity index is 1.78. The molecule has 5 rings (SSSR count). The van der Waals surface area contributed by atoms with Crippen LogP contribution in [-0.2, 0) is 19.4 Å². The van der Waals surface area contributed by atoms with E-state index in [0.29, 0.717) is 11.2 Å². The zero-order valence-electron chi connectivity index (χ0n) is 15.2. The van der Waals surface area contributed by atoms with Gasteiger partial charge in [-0.2, -0.15) is 0 Å². The Kier molecular flexibility index (Phi) is 4.41. The predicted molar refractivity (Wildman–Crippen MR) is 115 cm³/mol. The van der Waals surface area contributed by atoms with Gasteiger partial charge in [-0.25, -0.2) is 4.98 Å². The number of fused-ring (bicyclic) bond motifs is 1. The molecule has 0 saturated carbocycles. The van der Waals surface area contributed by atoms with Crippen LogP contribution < -0.4 is 0 Å². The Bertz CT molecular complexity index is 1190. The smallest absolute Gasteiger partial charge is 0.213 e. The summed E-state index contributed by atoms with van der Waals surface area (Å²) in [6.07, 6.45) is 2.95. The van der Waals surface area contributed by atoms with Crippen molar-refractivity contribution in [2.24, 2.45) is 0 Å². The molecule has 4 nitrogen and oxygen atoms in total. The number of rotatable bonds is 4. The lowest BCUT2D eigenvalue weighted by Gasteiger charge is -2.11. The summed E-state index contributed by atoms with van der Waals surface area (Å²) in [5.41, 5.74) is 7.68. The minimum Gasteiger partial charge on any atom is -0.347 e. The van der Waals surface area contributed by atoms with Crippen LogP contribution in [0.25, 0.3) is 22.3 Å². The molecule has 3 heterocycles. The Hall–Kier alpha value is -2.63. The first kappa shape index (κ1) is 17.5. The molecule has 0 spiro atoms. The first-order valence-corrected chi connectivity index (χ1v) is 10.2. The molecule has 140 valence electrons. The monoisotopic (exact) mass is 406 g/mol. The van der Waals surface area contributed by atoms with E-state index in [9.17, 15) is 0 Å². The molecule has 0 atom stereocenters. The van der Waals surface area contributed by atoms with Gasteiger partial charge in [-0.05, 0) is 48.3 Å². The SMILES string of the molecule is S=c1nc(Cc2c(-c3ccc(Cl)cc3)c(-c3ccccc3)c3n2CCC3)[nH][nH]1. The number of halogens is 1. The maximum Gasteiger partial charge on any atom is 0.213 e. The Morgan fingerprint density at radius 1 is 0.964 bits per heavy atom. The highest BCUT2D eigenvalue weighted by Crippen LogP contribution is 2.43. The molecule has 6 heteroatoms. The van der Waals surface area contributed by atoms with E-state index in [2.05, 4.69) is 62.2 Å². The van der Waals surface area contributed by atoms with Gasteiger partial charge in [-0.15, -0.1) is 0 Å². The molecule has 0 amide bonds. The summed E-state index contributed by atoms with van der Waals surface area (Å²) in [4.78, 5) is 4.43. The third-order valence-corrected chi connectivity index (χ3v) is 5.80. The van der Waals surface area contributed by atoms with Crippen molar-refractivity contribution >= 4 is 23.8 Å². The molecule has 2 aromatic heterocycles. The van der Waals surface area contributed by atoms with E-state index in [-0.39, 0.29) is 0 Å². The van der Waals surface area contributed by atoms with E-state index in [1.54, 1.807) is 0 Å². The number of hydrogen-bond donors (Lipinski definition) is 2. The van der Waals surface area contributed by atoms with Gasteiger partial charge in [0, 0.05) is 40.5 Å². The van der Waals surface area contributed by atoms with Crippen LogP contribution in [-0.4, -0.2) is 19.7 Å². The fourth-order valence-electron chi connectivity index (χ4n) is 4.23. The Morgan fingerprint density at radius 3 is 2.43 bits per heavy atom. The van der Waals surface area contributed by atoms with Crippen molar-refractivity contribution in [3.63, 3.8) is 0 Å². The number of aromatic nitrogens is 4. The average Bonchev–Trinajstić information content (AvgIpc) is 3.40. The number of nitrogens with zero attached hydrogens (tertiary/aromatic N) is 2. The van der Waals surface area contributed by atoms with Gasteiger partial charge in [0.2, 0.25) is 4.77 Å². The van der Waals surface area contributed by atoms with Crippen LogP contribution in [0.15, 0.2) is 54.6 Å². The van der Waals surface area contributed by atoms with Gasteiger partial charge >= 0.3 is 0 Å². The van der Waals surface area contributed by atoms with E-state index >= 15 is 0 Å². The minimum absolute atomic E-state index is 0.486. The van der Waals surface area contributed by atoms with Crippen LogP contribution in [0.4, 0.5) is 0 Å². The normalized spacial score (nSPS) is 13.0. The topological polar surface area (TPSA) is 49.4 Å².